The summed E-state index contributed by atoms with van der Waals surface area (Å²) >= 11 is 1.38. The molecule has 3 heterocycles. The molecule has 0 N–H and O–H groups in total. The minimum Gasteiger partial charge on any atom is -0.466 e. The summed E-state index contributed by atoms with van der Waals surface area (Å²) in [4.78, 5) is 36.1. The van der Waals surface area contributed by atoms with Crippen LogP contribution in [0.15, 0.2) is 29.4 Å². The number of ether oxygens (including phenoxy) is 1. The van der Waals surface area contributed by atoms with E-state index in [1.54, 1.807) is 4.52 Å². The van der Waals surface area contributed by atoms with Crippen LogP contribution >= 0.6 is 11.8 Å². The van der Waals surface area contributed by atoms with Gasteiger partial charge in [-0.1, -0.05) is 23.9 Å². The van der Waals surface area contributed by atoms with Crippen molar-refractivity contribution in [3.05, 3.63) is 30.1 Å². The molecule has 0 saturated carbocycles. The molecule has 0 aliphatic carbocycles. The quantitative estimate of drug-likeness (QED) is 0.351. The number of likely N-dealkylation sites (tertiary alicyclic amines) is 1. The number of rotatable bonds is 5. The average molecular weight is 428 g/mol. The maximum atomic E-state index is 13.0. The second-order valence-electron chi connectivity index (χ2n) is 7.42. The molecule has 30 heavy (non-hydrogen) atoms. The zero-order valence-corrected chi connectivity index (χ0v) is 18.2. The Hall–Kier alpha value is -2.68. The van der Waals surface area contributed by atoms with E-state index in [4.69, 9.17) is 9.72 Å². The standard InChI is InChI=1S/C21H25N5O3S/c1-4-29-20(28)15-9-11-25(12-10-15)19(27)13(2)30-21-23-17-8-6-5-7-16(17)18-22-14(3)24-26(18)21/h5-8,13,15H,4,9-12H2,1-3H3/t13-/m0/s1. The van der Waals surface area contributed by atoms with Crippen molar-refractivity contribution < 1.29 is 14.3 Å². The van der Waals surface area contributed by atoms with E-state index in [0.29, 0.717) is 43.5 Å². The van der Waals surface area contributed by atoms with E-state index in [1.807, 2.05) is 49.9 Å². The number of aryl methyl sites for hydroxylation is 1. The Bertz CT molecular complexity index is 1090. The van der Waals surface area contributed by atoms with Gasteiger partial charge in [-0.25, -0.2) is 9.97 Å². The Morgan fingerprint density at radius 3 is 2.70 bits per heavy atom. The molecule has 1 amide bonds. The van der Waals surface area contributed by atoms with Crippen LogP contribution in [0.1, 0.15) is 32.5 Å². The third-order valence-corrected chi connectivity index (χ3v) is 6.34. The zero-order chi connectivity index (χ0) is 21.3. The smallest absolute Gasteiger partial charge is 0.309 e. The van der Waals surface area contributed by atoms with E-state index in [-0.39, 0.29) is 23.0 Å². The molecule has 0 unspecified atom stereocenters. The number of amides is 1. The average Bonchev–Trinajstić information content (AvgIpc) is 3.15. The summed E-state index contributed by atoms with van der Waals surface area (Å²) in [6.45, 7) is 7.06. The molecular weight excluding hydrogens is 402 g/mol. The molecular formula is C21H25N5O3S. The van der Waals surface area contributed by atoms with E-state index >= 15 is 0 Å². The van der Waals surface area contributed by atoms with Crippen molar-refractivity contribution >= 4 is 40.2 Å². The van der Waals surface area contributed by atoms with Crippen molar-refractivity contribution in [2.75, 3.05) is 19.7 Å². The first-order valence-corrected chi connectivity index (χ1v) is 11.1. The maximum absolute atomic E-state index is 13.0. The second kappa shape index (κ2) is 8.59. The fourth-order valence-corrected chi connectivity index (χ4v) is 4.72. The summed E-state index contributed by atoms with van der Waals surface area (Å²) in [5.74, 6) is 0.436. The molecule has 1 aliphatic heterocycles. The van der Waals surface area contributed by atoms with Gasteiger partial charge in [0.2, 0.25) is 5.91 Å². The highest BCUT2D eigenvalue weighted by molar-refractivity contribution is 8.00. The minimum atomic E-state index is -0.328. The van der Waals surface area contributed by atoms with Crippen molar-refractivity contribution in [1.82, 2.24) is 24.5 Å². The van der Waals surface area contributed by atoms with Gasteiger partial charge in [0.05, 0.1) is 23.3 Å². The minimum absolute atomic E-state index is 0.0438. The van der Waals surface area contributed by atoms with Gasteiger partial charge in [-0.05, 0) is 45.7 Å². The Morgan fingerprint density at radius 2 is 1.97 bits per heavy atom. The summed E-state index contributed by atoms with van der Waals surface area (Å²) in [7, 11) is 0. The lowest BCUT2D eigenvalue weighted by atomic mass is 9.97. The van der Waals surface area contributed by atoms with Crippen LogP contribution in [0.25, 0.3) is 16.6 Å². The maximum Gasteiger partial charge on any atom is 0.309 e. The van der Waals surface area contributed by atoms with Gasteiger partial charge in [0, 0.05) is 18.5 Å². The lowest BCUT2D eigenvalue weighted by Crippen LogP contribution is -2.43. The predicted molar refractivity (Wildman–Crippen MR) is 114 cm³/mol. The number of carbonyl (C=O) groups is 2. The summed E-state index contributed by atoms with van der Waals surface area (Å²) < 4.78 is 6.83. The molecule has 158 valence electrons. The summed E-state index contributed by atoms with van der Waals surface area (Å²) in [6.07, 6.45) is 1.28. The van der Waals surface area contributed by atoms with Gasteiger partial charge >= 0.3 is 5.97 Å². The number of hydrogen-bond acceptors (Lipinski definition) is 7. The van der Waals surface area contributed by atoms with Gasteiger partial charge < -0.3 is 9.64 Å². The second-order valence-corrected chi connectivity index (χ2v) is 8.73. The summed E-state index contributed by atoms with van der Waals surface area (Å²) in [5, 5.41) is 5.73. The third kappa shape index (κ3) is 3.98. The predicted octanol–water partition coefficient (Wildman–Crippen LogP) is 2.87. The molecule has 8 nitrogen and oxygen atoms in total. The number of carbonyl (C=O) groups excluding carboxylic acids is 2. The number of para-hydroxylation sites is 1. The Kier molecular flexibility index (Phi) is 5.90. The Balaban J connectivity index is 1.50. The summed E-state index contributed by atoms with van der Waals surface area (Å²) in [6, 6.07) is 7.80. The van der Waals surface area contributed by atoms with Gasteiger partial charge in [0.25, 0.3) is 0 Å². The van der Waals surface area contributed by atoms with Crippen LogP contribution in [-0.4, -0.2) is 61.3 Å². The lowest BCUT2D eigenvalue weighted by molar-refractivity contribution is -0.151. The third-order valence-electron chi connectivity index (χ3n) is 5.31. The molecule has 0 spiro atoms. The van der Waals surface area contributed by atoms with Gasteiger partial charge in [-0.3, -0.25) is 9.59 Å². The van der Waals surface area contributed by atoms with Crippen LogP contribution in [0.4, 0.5) is 0 Å². The molecule has 0 bridgehead atoms. The van der Waals surface area contributed by atoms with Crippen molar-refractivity contribution in [3.8, 4) is 0 Å². The zero-order valence-electron chi connectivity index (χ0n) is 17.4. The van der Waals surface area contributed by atoms with Gasteiger partial charge in [-0.2, -0.15) is 4.52 Å². The van der Waals surface area contributed by atoms with Crippen molar-refractivity contribution in [2.45, 2.75) is 44.0 Å². The number of benzene rings is 1. The SMILES string of the molecule is CCOC(=O)C1CCN(C(=O)[C@H](C)Sc2nc3ccccc3c3nc(C)nn23)CC1. The van der Waals surface area contributed by atoms with Crippen molar-refractivity contribution in [3.63, 3.8) is 0 Å². The molecule has 3 aromatic rings. The highest BCUT2D eigenvalue weighted by atomic mass is 32.2. The molecule has 4 rings (SSSR count). The molecule has 9 heteroatoms. The summed E-state index contributed by atoms with van der Waals surface area (Å²) in [5.41, 5.74) is 1.57. The van der Waals surface area contributed by atoms with Crippen LogP contribution in [-0.2, 0) is 14.3 Å². The lowest BCUT2D eigenvalue weighted by Gasteiger charge is -2.32. The molecule has 1 saturated heterocycles. The molecule has 2 aromatic heterocycles. The van der Waals surface area contributed by atoms with E-state index < -0.39 is 0 Å². The number of nitrogens with zero attached hydrogens (tertiary/aromatic N) is 5. The number of esters is 1. The molecule has 1 aromatic carbocycles. The number of aromatic nitrogens is 4. The molecule has 1 atom stereocenters. The molecule has 1 fully saturated rings. The molecule has 1 aliphatic rings. The van der Waals surface area contributed by atoms with Gasteiger partial charge in [-0.15, -0.1) is 5.10 Å². The Morgan fingerprint density at radius 1 is 1.23 bits per heavy atom. The first-order valence-electron chi connectivity index (χ1n) is 10.2. The normalized spacial score (nSPS) is 16.2. The van der Waals surface area contributed by atoms with Crippen LogP contribution in [0, 0.1) is 12.8 Å². The molecule has 0 radical (unpaired) electrons. The fourth-order valence-electron chi connectivity index (χ4n) is 3.77. The van der Waals surface area contributed by atoms with E-state index in [1.165, 1.54) is 11.8 Å². The fraction of sp³-hybridized carbons (Fsp3) is 0.476. The Labute approximate surface area is 179 Å². The number of hydrogen-bond donors (Lipinski definition) is 0. The van der Waals surface area contributed by atoms with Crippen LogP contribution < -0.4 is 0 Å². The monoisotopic (exact) mass is 427 g/mol. The van der Waals surface area contributed by atoms with Crippen LogP contribution in [0.5, 0.6) is 0 Å². The van der Waals surface area contributed by atoms with E-state index in [9.17, 15) is 9.59 Å². The number of thioether (sulfide) groups is 1. The largest absolute Gasteiger partial charge is 0.466 e. The van der Waals surface area contributed by atoms with Gasteiger partial charge in [0.1, 0.15) is 5.82 Å². The van der Waals surface area contributed by atoms with Crippen molar-refractivity contribution in [1.29, 1.82) is 0 Å². The van der Waals surface area contributed by atoms with Crippen molar-refractivity contribution in [2.24, 2.45) is 5.92 Å². The van der Waals surface area contributed by atoms with Gasteiger partial charge in [0.15, 0.2) is 10.8 Å². The first-order chi connectivity index (χ1) is 14.5. The number of piperidine rings is 1. The van der Waals surface area contributed by atoms with Crippen LogP contribution in [0.3, 0.4) is 0 Å². The topological polar surface area (TPSA) is 89.7 Å². The first kappa shape index (κ1) is 20.6. The van der Waals surface area contributed by atoms with Crippen LogP contribution in [0.2, 0.25) is 0 Å². The van der Waals surface area contributed by atoms with E-state index in [0.717, 1.165) is 16.6 Å². The highest BCUT2D eigenvalue weighted by Gasteiger charge is 2.31. The number of fused-ring (bicyclic) bond motifs is 3. The highest BCUT2D eigenvalue weighted by Crippen LogP contribution is 2.28. The van der Waals surface area contributed by atoms with E-state index in [2.05, 4.69) is 10.1 Å².